The molecular formula is C23H29FIN5O. The number of aliphatic imine (C=N–C) groups is 1. The molecule has 1 amide bonds. The quantitative estimate of drug-likeness (QED) is 0.161. The van der Waals surface area contributed by atoms with Crippen molar-refractivity contribution in [3.05, 3.63) is 70.7 Å². The average molecular weight is 537 g/mol. The third-order valence-electron chi connectivity index (χ3n) is 4.97. The Labute approximate surface area is 199 Å². The SMILES string of the molecule is CN=C(NCCNC(=O)c1ccc(C)c(F)c1)NCCc1c[nH]c2cc(C)ccc12.I. The van der Waals surface area contributed by atoms with Gasteiger partial charge >= 0.3 is 0 Å². The van der Waals surface area contributed by atoms with Crippen LogP contribution in [-0.2, 0) is 6.42 Å². The van der Waals surface area contributed by atoms with Crippen LogP contribution in [0.2, 0.25) is 0 Å². The highest BCUT2D eigenvalue weighted by molar-refractivity contribution is 14.0. The van der Waals surface area contributed by atoms with Crippen molar-refractivity contribution in [2.75, 3.05) is 26.7 Å². The van der Waals surface area contributed by atoms with Crippen molar-refractivity contribution in [1.82, 2.24) is 20.9 Å². The second-order valence-corrected chi connectivity index (χ2v) is 7.26. The van der Waals surface area contributed by atoms with Crippen molar-refractivity contribution < 1.29 is 9.18 Å². The van der Waals surface area contributed by atoms with Gasteiger partial charge in [-0.25, -0.2) is 4.39 Å². The minimum Gasteiger partial charge on any atom is -0.361 e. The number of carbonyl (C=O) groups is 1. The van der Waals surface area contributed by atoms with Crippen LogP contribution >= 0.6 is 24.0 Å². The lowest BCUT2D eigenvalue weighted by Crippen LogP contribution is -2.42. The molecule has 0 atom stereocenters. The van der Waals surface area contributed by atoms with E-state index in [1.807, 2.05) is 6.20 Å². The Morgan fingerprint density at radius 2 is 1.77 bits per heavy atom. The summed E-state index contributed by atoms with van der Waals surface area (Å²) in [6.07, 6.45) is 2.91. The lowest BCUT2D eigenvalue weighted by Gasteiger charge is -2.12. The lowest BCUT2D eigenvalue weighted by atomic mass is 10.1. The first-order chi connectivity index (χ1) is 14.5. The summed E-state index contributed by atoms with van der Waals surface area (Å²) in [5.74, 6) is -0.00903. The summed E-state index contributed by atoms with van der Waals surface area (Å²) >= 11 is 0. The predicted octanol–water partition coefficient (Wildman–Crippen LogP) is 3.68. The molecule has 4 N–H and O–H groups in total. The van der Waals surface area contributed by atoms with Crippen LogP contribution in [-0.4, -0.2) is 43.5 Å². The van der Waals surface area contributed by atoms with Gasteiger partial charge in [-0.1, -0.05) is 18.2 Å². The number of nitrogens with zero attached hydrogens (tertiary/aromatic N) is 1. The summed E-state index contributed by atoms with van der Waals surface area (Å²) in [7, 11) is 1.71. The van der Waals surface area contributed by atoms with Gasteiger partial charge in [0.05, 0.1) is 0 Å². The fraction of sp³-hybridized carbons (Fsp3) is 0.304. The molecule has 166 valence electrons. The van der Waals surface area contributed by atoms with Gasteiger partial charge in [0.25, 0.3) is 5.91 Å². The molecule has 6 nitrogen and oxygen atoms in total. The molecule has 0 fully saturated rings. The molecule has 0 bridgehead atoms. The number of nitrogens with one attached hydrogen (secondary N) is 4. The number of rotatable bonds is 7. The molecule has 0 spiro atoms. The fourth-order valence-electron chi connectivity index (χ4n) is 3.24. The minimum absolute atomic E-state index is 0. The van der Waals surface area contributed by atoms with Crippen molar-refractivity contribution >= 4 is 46.7 Å². The van der Waals surface area contributed by atoms with Gasteiger partial charge in [0, 0.05) is 49.3 Å². The molecule has 0 unspecified atom stereocenters. The van der Waals surface area contributed by atoms with Crippen LogP contribution in [0.25, 0.3) is 10.9 Å². The van der Waals surface area contributed by atoms with E-state index in [1.54, 1.807) is 26.1 Å². The van der Waals surface area contributed by atoms with Crippen LogP contribution in [0.4, 0.5) is 4.39 Å². The molecule has 0 radical (unpaired) electrons. The highest BCUT2D eigenvalue weighted by Crippen LogP contribution is 2.19. The molecular weight excluding hydrogens is 508 g/mol. The molecule has 2 aromatic carbocycles. The Kier molecular flexibility index (Phi) is 9.29. The molecule has 1 aromatic heterocycles. The van der Waals surface area contributed by atoms with Gasteiger partial charge in [-0.05, 0) is 55.2 Å². The van der Waals surface area contributed by atoms with E-state index < -0.39 is 0 Å². The van der Waals surface area contributed by atoms with Gasteiger partial charge in [0.15, 0.2) is 5.96 Å². The zero-order valence-corrected chi connectivity index (χ0v) is 20.3. The van der Waals surface area contributed by atoms with Gasteiger partial charge < -0.3 is 20.9 Å². The third kappa shape index (κ3) is 6.68. The Morgan fingerprint density at radius 3 is 2.52 bits per heavy atom. The molecule has 3 aromatic rings. The smallest absolute Gasteiger partial charge is 0.251 e. The van der Waals surface area contributed by atoms with Crippen LogP contribution in [0.1, 0.15) is 27.0 Å². The van der Waals surface area contributed by atoms with Crippen molar-refractivity contribution in [2.45, 2.75) is 20.3 Å². The predicted molar refractivity (Wildman–Crippen MR) is 135 cm³/mol. The number of fused-ring (bicyclic) bond motifs is 1. The summed E-state index contributed by atoms with van der Waals surface area (Å²) in [5, 5.41) is 10.5. The van der Waals surface area contributed by atoms with Crippen LogP contribution in [0.3, 0.4) is 0 Å². The maximum Gasteiger partial charge on any atom is 0.251 e. The van der Waals surface area contributed by atoms with Gasteiger partial charge in [0.1, 0.15) is 5.82 Å². The van der Waals surface area contributed by atoms with Crippen LogP contribution in [0.5, 0.6) is 0 Å². The fourth-order valence-corrected chi connectivity index (χ4v) is 3.24. The zero-order valence-electron chi connectivity index (χ0n) is 18.0. The molecule has 0 saturated carbocycles. The normalized spacial score (nSPS) is 11.2. The number of amides is 1. The highest BCUT2D eigenvalue weighted by atomic mass is 127. The van der Waals surface area contributed by atoms with E-state index in [-0.39, 0.29) is 35.7 Å². The number of carbonyl (C=O) groups excluding carboxylic acids is 1. The number of halogens is 2. The molecule has 31 heavy (non-hydrogen) atoms. The number of guanidine groups is 1. The largest absolute Gasteiger partial charge is 0.361 e. The molecule has 8 heteroatoms. The Morgan fingerprint density at radius 1 is 1.03 bits per heavy atom. The van der Waals surface area contributed by atoms with Crippen molar-refractivity contribution in [1.29, 1.82) is 0 Å². The average Bonchev–Trinajstić information content (AvgIpc) is 3.13. The number of hydrogen-bond donors (Lipinski definition) is 4. The van der Waals surface area contributed by atoms with E-state index in [0.717, 1.165) is 18.5 Å². The van der Waals surface area contributed by atoms with E-state index in [9.17, 15) is 9.18 Å². The summed E-state index contributed by atoms with van der Waals surface area (Å²) in [4.78, 5) is 19.6. The maximum absolute atomic E-state index is 13.6. The van der Waals surface area contributed by atoms with E-state index in [4.69, 9.17) is 0 Å². The van der Waals surface area contributed by atoms with Crippen molar-refractivity contribution in [3.63, 3.8) is 0 Å². The van der Waals surface area contributed by atoms with Gasteiger partial charge in [-0.3, -0.25) is 9.79 Å². The van der Waals surface area contributed by atoms with Gasteiger partial charge in [0.2, 0.25) is 0 Å². The van der Waals surface area contributed by atoms with Crippen LogP contribution in [0.15, 0.2) is 47.6 Å². The van der Waals surface area contributed by atoms with Crippen molar-refractivity contribution in [2.24, 2.45) is 4.99 Å². The minimum atomic E-state index is -0.379. The van der Waals surface area contributed by atoms with Crippen molar-refractivity contribution in [3.8, 4) is 0 Å². The number of benzene rings is 2. The number of aromatic nitrogens is 1. The molecule has 0 aliphatic rings. The topological polar surface area (TPSA) is 81.3 Å². The van der Waals surface area contributed by atoms with E-state index in [1.165, 1.54) is 22.6 Å². The number of aryl methyl sites for hydroxylation is 2. The van der Waals surface area contributed by atoms with Gasteiger partial charge in [-0.2, -0.15) is 0 Å². The van der Waals surface area contributed by atoms with E-state index in [2.05, 4.69) is 51.0 Å². The summed E-state index contributed by atoms with van der Waals surface area (Å²) < 4.78 is 13.6. The highest BCUT2D eigenvalue weighted by Gasteiger charge is 2.08. The number of H-pyrrole nitrogens is 1. The molecule has 1 heterocycles. The molecule has 0 aliphatic heterocycles. The molecule has 0 aliphatic carbocycles. The van der Waals surface area contributed by atoms with E-state index in [0.29, 0.717) is 30.2 Å². The first kappa shape index (κ1) is 24.6. The zero-order chi connectivity index (χ0) is 21.5. The summed E-state index contributed by atoms with van der Waals surface area (Å²) in [6.45, 7) is 5.39. The lowest BCUT2D eigenvalue weighted by molar-refractivity contribution is 0.0954. The summed E-state index contributed by atoms with van der Waals surface area (Å²) in [6, 6.07) is 10.9. The van der Waals surface area contributed by atoms with Gasteiger partial charge in [-0.15, -0.1) is 24.0 Å². The third-order valence-corrected chi connectivity index (χ3v) is 4.97. The Bertz CT molecular complexity index is 1060. The second-order valence-electron chi connectivity index (χ2n) is 7.26. The van der Waals surface area contributed by atoms with Crippen LogP contribution < -0.4 is 16.0 Å². The molecule has 0 saturated heterocycles. The monoisotopic (exact) mass is 537 g/mol. The summed E-state index contributed by atoms with van der Waals surface area (Å²) in [5.41, 5.74) is 4.47. The second kappa shape index (κ2) is 11.7. The van der Waals surface area contributed by atoms with Crippen LogP contribution in [0, 0.1) is 19.7 Å². The Balaban J connectivity index is 0.00000341. The molecule has 3 rings (SSSR count). The standard InChI is InChI=1S/C23H28FN5O.HI/c1-15-4-7-19-18(14-29-21(19)12-15)8-9-27-23(25-3)28-11-10-26-22(30)17-6-5-16(2)20(24)13-17;/h4-7,12-14,29H,8-11H2,1-3H3,(H,26,30)(H2,25,27,28);1H. The van der Waals surface area contributed by atoms with E-state index >= 15 is 0 Å². The number of hydrogen-bond acceptors (Lipinski definition) is 2. The maximum atomic E-state index is 13.6. The first-order valence-corrected chi connectivity index (χ1v) is 10.0. The Hall–Kier alpha value is -2.62. The first-order valence-electron chi connectivity index (χ1n) is 10.0. The number of aromatic amines is 1.